The maximum atomic E-state index is 12.9. The fourth-order valence-electron chi connectivity index (χ4n) is 7.73. The highest BCUT2D eigenvalue weighted by Crippen LogP contribution is 2.43. The van der Waals surface area contributed by atoms with Gasteiger partial charge in [-0.25, -0.2) is 4.57 Å². The number of phosphoric acid groups is 1. The standard InChI is InChI=1S/C56H103O11P/c1-4-7-10-13-16-19-22-24-26-28-31-34-37-40-43-46-55(59)66-52(48-57)50-64-68(61,62)65-51-53(49-63-54(58)45-42-39-36-33-30-21-18-15-12-9-6-3)67-56(60)47-44-41-38-35-32-29-27-25-23-20-17-14-11-8-5-2/h17,20,24-27,52-53,57H,4-16,18-19,21-23,28-51H2,1-3H3,(H,61,62)/b20-17-,26-24-,27-25-. The molecule has 0 radical (unpaired) electrons. The second-order valence-electron chi connectivity index (χ2n) is 18.7. The predicted octanol–water partition coefficient (Wildman–Crippen LogP) is 16.0. The first-order valence-electron chi connectivity index (χ1n) is 27.9. The molecule has 2 N–H and O–H groups in total. The number of carbonyl (C=O) groups is 3. The predicted molar refractivity (Wildman–Crippen MR) is 279 cm³/mol. The zero-order valence-corrected chi connectivity index (χ0v) is 44.7. The Bertz CT molecular complexity index is 1280. The summed E-state index contributed by atoms with van der Waals surface area (Å²) in [6.45, 7) is 4.60. The number of aliphatic hydroxyl groups excluding tert-OH is 1. The van der Waals surface area contributed by atoms with Gasteiger partial charge in [0.2, 0.25) is 0 Å². The molecule has 3 unspecified atom stereocenters. The van der Waals surface area contributed by atoms with Crippen LogP contribution in [0.2, 0.25) is 0 Å². The highest BCUT2D eigenvalue weighted by atomic mass is 31.2. The van der Waals surface area contributed by atoms with Crippen LogP contribution in [0.25, 0.3) is 0 Å². The average molecular weight is 983 g/mol. The van der Waals surface area contributed by atoms with Gasteiger partial charge in [-0.05, 0) is 77.0 Å². The van der Waals surface area contributed by atoms with Crippen LogP contribution in [0.1, 0.15) is 265 Å². The summed E-state index contributed by atoms with van der Waals surface area (Å²) in [6, 6.07) is 0. The third kappa shape index (κ3) is 48.7. The number of unbranched alkanes of at least 4 members (excludes halogenated alkanes) is 29. The minimum atomic E-state index is -4.74. The van der Waals surface area contributed by atoms with Gasteiger partial charge in [-0.3, -0.25) is 23.4 Å². The Morgan fingerprint density at radius 1 is 0.412 bits per heavy atom. The average Bonchev–Trinajstić information content (AvgIpc) is 3.32. The van der Waals surface area contributed by atoms with E-state index in [1.165, 1.54) is 103 Å². The van der Waals surface area contributed by atoms with E-state index in [-0.39, 0.29) is 25.9 Å². The van der Waals surface area contributed by atoms with Crippen molar-refractivity contribution in [3.05, 3.63) is 36.5 Å². The fourth-order valence-corrected chi connectivity index (χ4v) is 8.52. The molecule has 0 aliphatic rings. The molecule has 3 atom stereocenters. The number of hydrogen-bond acceptors (Lipinski definition) is 10. The molecule has 11 nitrogen and oxygen atoms in total. The molecule has 0 spiro atoms. The van der Waals surface area contributed by atoms with Gasteiger partial charge in [0.15, 0.2) is 6.10 Å². The summed E-state index contributed by atoms with van der Waals surface area (Å²) in [6.07, 6.45) is 51.0. The first kappa shape index (κ1) is 65.7. The largest absolute Gasteiger partial charge is 0.472 e. The third-order valence-corrected chi connectivity index (χ3v) is 13.0. The van der Waals surface area contributed by atoms with Gasteiger partial charge in [0.05, 0.1) is 19.8 Å². The molecular weight excluding hydrogens is 880 g/mol. The van der Waals surface area contributed by atoms with Crippen molar-refractivity contribution in [2.24, 2.45) is 0 Å². The van der Waals surface area contributed by atoms with E-state index in [4.69, 9.17) is 23.3 Å². The Kier molecular flexibility index (Phi) is 49.3. The topological polar surface area (TPSA) is 155 Å². The van der Waals surface area contributed by atoms with Crippen LogP contribution in [-0.4, -0.2) is 66.5 Å². The molecule has 0 rings (SSSR count). The third-order valence-electron chi connectivity index (χ3n) is 12.0. The number of phosphoric ester groups is 1. The lowest BCUT2D eigenvalue weighted by atomic mass is 10.1. The van der Waals surface area contributed by atoms with Crippen LogP contribution in [0.5, 0.6) is 0 Å². The Morgan fingerprint density at radius 2 is 0.721 bits per heavy atom. The van der Waals surface area contributed by atoms with Gasteiger partial charge in [-0.1, -0.05) is 205 Å². The summed E-state index contributed by atoms with van der Waals surface area (Å²) in [4.78, 5) is 48.4. The summed E-state index contributed by atoms with van der Waals surface area (Å²) in [5.74, 6) is -1.48. The second-order valence-corrected chi connectivity index (χ2v) is 20.2. The van der Waals surface area contributed by atoms with E-state index in [1.807, 2.05) is 0 Å². The number of ether oxygens (including phenoxy) is 3. The number of hydrogen-bond donors (Lipinski definition) is 2. The smallest absolute Gasteiger partial charge is 0.462 e. The van der Waals surface area contributed by atoms with Crippen molar-refractivity contribution >= 4 is 25.7 Å². The minimum absolute atomic E-state index is 0.154. The van der Waals surface area contributed by atoms with Crippen LogP contribution in [0.3, 0.4) is 0 Å². The van der Waals surface area contributed by atoms with Crippen molar-refractivity contribution in [2.45, 2.75) is 277 Å². The molecule has 0 heterocycles. The number of aliphatic hydroxyl groups is 1. The molecule has 0 fully saturated rings. The maximum Gasteiger partial charge on any atom is 0.472 e. The SMILES string of the molecule is CCCCC/C=C\C/C=C\CCCCCCCC(=O)OC(COC(=O)CCCCCCCCCCCCC)COP(=O)(O)OCC(CO)OC(=O)CCCCCCC/C=C\CCCCCCCC. The summed E-state index contributed by atoms with van der Waals surface area (Å²) >= 11 is 0. The molecule has 0 aromatic heterocycles. The number of esters is 3. The van der Waals surface area contributed by atoms with Crippen LogP contribution in [0.4, 0.5) is 0 Å². The van der Waals surface area contributed by atoms with Gasteiger partial charge in [0, 0.05) is 19.3 Å². The molecule has 12 heteroatoms. The van der Waals surface area contributed by atoms with E-state index < -0.39 is 57.8 Å². The Morgan fingerprint density at radius 3 is 1.13 bits per heavy atom. The molecule has 0 bridgehead atoms. The van der Waals surface area contributed by atoms with E-state index >= 15 is 0 Å². The zero-order chi connectivity index (χ0) is 49.9. The fraction of sp³-hybridized carbons (Fsp3) is 0.839. The van der Waals surface area contributed by atoms with Crippen LogP contribution in [0.15, 0.2) is 36.5 Å². The van der Waals surface area contributed by atoms with Crippen LogP contribution in [0, 0.1) is 0 Å². The first-order chi connectivity index (χ1) is 33.2. The van der Waals surface area contributed by atoms with Crippen molar-refractivity contribution < 1.29 is 52.2 Å². The van der Waals surface area contributed by atoms with Crippen molar-refractivity contribution in [2.75, 3.05) is 26.4 Å². The van der Waals surface area contributed by atoms with Gasteiger partial charge >= 0.3 is 25.7 Å². The van der Waals surface area contributed by atoms with Gasteiger partial charge in [0.1, 0.15) is 12.7 Å². The molecule has 0 aromatic rings. The van der Waals surface area contributed by atoms with Crippen molar-refractivity contribution in [1.82, 2.24) is 0 Å². The zero-order valence-electron chi connectivity index (χ0n) is 43.8. The Labute approximate surface area is 416 Å². The summed E-state index contributed by atoms with van der Waals surface area (Å²) < 4.78 is 39.4. The molecular formula is C56H103O11P. The molecule has 0 aromatic carbocycles. The molecule has 68 heavy (non-hydrogen) atoms. The normalized spacial score (nSPS) is 13.7. The highest BCUT2D eigenvalue weighted by Gasteiger charge is 2.28. The van der Waals surface area contributed by atoms with E-state index in [2.05, 4.69) is 57.2 Å². The molecule has 0 aliphatic carbocycles. The monoisotopic (exact) mass is 983 g/mol. The summed E-state index contributed by atoms with van der Waals surface area (Å²) in [5, 5.41) is 9.79. The Balaban J connectivity index is 4.70. The van der Waals surface area contributed by atoms with Gasteiger partial charge < -0.3 is 24.2 Å². The molecule has 0 saturated carbocycles. The van der Waals surface area contributed by atoms with Crippen LogP contribution >= 0.6 is 7.82 Å². The van der Waals surface area contributed by atoms with Crippen LogP contribution in [-0.2, 0) is 42.2 Å². The highest BCUT2D eigenvalue weighted by molar-refractivity contribution is 7.47. The lowest BCUT2D eigenvalue weighted by molar-refractivity contribution is -0.161. The first-order valence-corrected chi connectivity index (χ1v) is 29.4. The van der Waals surface area contributed by atoms with Gasteiger partial charge in [-0.2, -0.15) is 0 Å². The molecule has 0 saturated heterocycles. The van der Waals surface area contributed by atoms with E-state index in [1.54, 1.807) is 0 Å². The maximum absolute atomic E-state index is 12.9. The van der Waals surface area contributed by atoms with E-state index in [0.29, 0.717) is 19.3 Å². The lowest BCUT2D eigenvalue weighted by Crippen LogP contribution is -2.30. The van der Waals surface area contributed by atoms with E-state index in [0.717, 1.165) is 103 Å². The van der Waals surface area contributed by atoms with Crippen molar-refractivity contribution in [3.8, 4) is 0 Å². The van der Waals surface area contributed by atoms with Gasteiger partial charge in [0.25, 0.3) is 0 Å². The van der Waals surface area contributed by atoms with E-state index in [9.17, 15) is 28.9 Å². The Hall–Kier alpha value is -2.30. The minimum Gasteiger partial charge on any atom is -0.462 e. The second kappa shape index (κ2) is 51.1. The number of carbonyl (C=O) groups excluding carboxylic acids is 3. The van der Waals surface area contributed by atoms with Crippen molar-refractivity contribution in [3.63, 3.8) is 0 Å². The molecule has 0 amide bonds. The number of rotatable bonds is 52. The van der Waals surface area contributed by atoms with Gasteiger partial charge in [-0.15, -0.1) is 0 Å². The summed E-state index contributed by atoms with van der Waals surface area (Å²) in [5.41, 5.74) is 0. The van der Waals surface area contributed by atoms with Crippen molar-refractivity contribution in [1.29, 1.82) is 0 Å². The molecule has 0 aliphatic heterocycles. The molecule has 398 valence electrons. The summed E-state index contributed by atoms with van der Waals surface area (Å²) in [7, 11) is -4.74. The lowest BCUT2D eigenvalue weighted by Gasteiger charge is -2.21. The quantitative estimate of drug-likeness (QED) is 0.0197. The number of allylic oxidation sites excluding steroid dienone is 6. The van der Waals surface area contributed by atoms with Crippen LogP contribution < -0.4 is 0 Å².